The third-order valence-electron chi connectivity index (χ3n) is 7.49. The number of benzene rings is 7. The number of halogens is 3. The van der Waals surface area contributed by atoms with E-state index in [1.54, 1.807) is 12.1 Å². The van der Waals surface area contributed by atoms with Crippen molar-refractivity contribution in [2.75, 3.05) is 0 Å². The van der Waals surface area contributed by atoms with Gasteiger partial charge in [0.05, 0.1) is 5.56 Å². The molecule has 0 N–H and O–H groups in total. The van der Waals surface area contributed by atoms with Crippen LogP contribution >= 0.6 is 0 Å². The van der Waals surface area contributed by atoms with E-state index >= 15 is 0 Å². The van der Waals surface area contributed by atoms with Crippen molar-refractivity contribution in [1.29, 1.82) is 0 Å². The van der Waals surface area contributed by atoms with E-state index in [9.17, 15) is 13.2 Å². The number of fused-ring (bicyclic) bond motifs is 5. The summed E-state index contributed by atoms with van der Waals surface area (Å²) in [7, 11) is 0. The molecule has 0 radical (unpaired) electrons. The maximum Gasteiger partial charge on any atom is 0.416 e. The van der Waals surface area contributed by atoms with Crippen molar-refractivity contribution in [3.63, 3.8) is 0 Å². The minimum Gasteiger partial charge on any atom is -0.166 e. The molecule has 7 rings (SSSR count). The van der Waals surface area contributed by atoms with Crippen LogP contribution in [-0.4, -0.2) is 0 Å². The van der Waals surface area contributed by atoms with Crippen molar-refractivity contribution in [2.45, 2.75) is 6.18 Å². The molecule has 0 heterocycles. The van der Waals surface area contributed by atoms with E-state index in [2.05, 4.69) is 78.9 Å². The van der Waals surface area contributed by atoms with Gasteiger partial charge in [0.1, 0.15) is 0 Å². The summed E-state index contributed by atoms with van der Waals surface area (Å²) < 4.78 is 39.9. The molecule has 7 aromatic carbocycles. The molecule has 0 amide bonds. The van der Waals surface area contributed by atoms with Crippen molar-refractivity contribution >= 4 is 43.1 Å². The first-order valence-corrected chi connectivity index (χ1v) is 12.5. The van der Waals surface area contributed by atoms with E-state index in [0.29, 0.717) is 0 Å². The van der Waals surface area contributed by atoms with E-state index in [-0.39, 0.29) is 0 Å². The molecule has 0 fully saturated rings. The molecule has 0 spiro atoms. The van der Waals surface area contributed by atoms with Crippen LogP contribution in [0.2, 0.25) is 0 Å². The Balaban J connectivity index is 1.59. The van der Waals surface area contributed by atoms with Gasteiger partial charge in [0.15, 0.2) is 0 Å². The topological polar surface area (TPSA) is 0 Å². The van der Waals surface area contributed by atoms with Gasteiger partial charge in [-0.25, -0.2) is 0 Å². The van der Waals surface area contributed by atoms with Crippen LogP contribution < -0.4 is 0 Å². The highest BCUT2D eigenvalue weighted by Crippen LogP contribution is 2.46. The molecule has 0 atom stereocenters. The Bertz CT molecular complexity index is 1940. The number of rotatable bonds is 2. The van der Waals surface area contributed by atoms with Crippen molar-refractivity contribution in [3.8, 4) is 22.3 Å². The van der Waals surface area contributed by atoms with Crippen LogP contribution in [0.1, 0.15) is 5.56 Å². The lowest BCUT2D eigenvalue weighted by atomic mass is 9.84. The molecule has 0 saturated heterocycles. The first-order chi connectivity index (χ1) is 18.5. The van der Waals surface area contributed by atoms with Crippen molar-refractivity contribution in [1.82, 2.24) is 0 Å². The zero-order valence-electron chi connectivity index (χ0n) is 20.3. The average Bonchev–Trinajstić information content (AvgIpc) is 2.95. The summed E-state index contributed by atoms with van der Waals surface area (Å²) in [4.78, 5) is 0. The minimum absolute atomic E-state index is 0.644. The Morgan fingerprint density at radius 2 is 0.895 bits per heavy atom. The lowest BCUT2D eigenvalue weighted by molar-refractivity contribution is -0.137. The second-order valence-electron chi connectivity index (χ2n) is 9.60. The van der Waals surface area contributed by atoms with Gasteiger partial charge in [-0.1, -0.05) is 115 Å². The first kappa shape index (κ1) is 22.6. The van der Waals surface area contributed by atoms with Crippen LogP contribution in [0.15, 0.2) is 127 Å². The lowest BCUT2D eigenvalue weighted by Gasteiger charge is -2.19. The highest BCUT2D eigenvalue weighted by Gasteiger charge is 2.30. The van der Waals surface area contributed by atoms with Gasteiger partial charge in [-0.3, -0.25) is 0 Å². The summed E-state index contributed by atoms with van der Waals surface area (Å²) in [6.45, 7) is 0. The lowest BCUT2D eigenvalue weighted by Crippen LogP contribution is -2.04. The van der Waals surface area contributed by atoms with Gasteiger partial charge in [-0.15, -0.1) is 0 Å². The molecule has 38 heavy (non-hydrogen) atoms. The predicted octanol–water partition coefficient (Wildman–Crippen LogP) is 10.7. The van der Waals surface area contributed by atoms with Gasteiger partial charge in [-0.2, -0.15) is 13.2 Å². The molecule has 3 heteroatoms. The molecule has 0 unspecified atom stereocenters. The number of hydrogen-bond acceptors (Lipinski definition) is 0. The zero-order chi connectivity index (χ0) is 25.9. The molecular formula is C35H21F3. The van der Waals surface area contributed by atoms with Gasteiger partial charge >= 0.3 is 6.18 Å². The van der Waals surface area contributed by atoms with Crippen molar-refractivity contribution in [3.05, 3.63) is 133 Å². The molecule has 0 aliphatic heterocycles. The highest BCUT2D eigenvalue weighted by molar-refractivity contribution is 6.24. The van der Waals surface area contributed by atoms with Gasteiger partial charge in [0.2, 0.25) is 0 Å². The smallest absolute Gasteiger partial charge is 0.166 e. The summed E-state index contributed by atoms with van der Waals surface area (Å²) in [6.07, 6.45) is -4.37. The summed E-state index contributed by atoms with van der Waals surface area (Å²) in [5, 5.41) is 8.94. The van der Waals surface area contributed by atoms with Gasteiger partial charge < -0.3 is 0 Å². The summed E-state index contributed by atoms with van der Waals surface area (Å²) >= 11 is 0. The van der Waals surface area contributed by atoms with E-state index in [1.165, 1.54) is 33.7 Å². The Kier molecular flexibility index (Phi) is 5.02. The largest absolute Gasteiger partial charge is 0.416 e. The van der Waals surface area contributed by atoms with Gasteiger partial charge in [-0.05, 0) is 77.5 Å². The average molecular weight is 499 g/mol. The highest BCUT2D eigenvalue weighted by atomic mass is 19.4. The first-order valence-electron chi connectivity index (χ1n) is 12.5. The molecular weight excluding hydrogens is 477 g/mol. The molecule has 0 nitrogen and oxygen atoms in total. The summed E-state index contributed by atoms with van der Waals surface area (Å²) in [5.41, 5.74) is 3.34. The molecule has 0 aliphatic rings. The van der Waals surface area contributed by atoms with Crippen molar-refractivity contribution < 1.29 is 13.2 Å². The van der Waals surface area contributed by atoms with Crippen LogP contribution in [0.3, 0.4) is 0 Å². The minimum atomic E-state index is -4.37. The van der Waals surface area contributed by atoms with Crippen LogP contribution in [0.5, 0.6) is 0 Å². The van der Waals surface area contributed by atoms with E-state index < -0.39 is 11.7 Å². The standard InChI is InChI=1S/C35H21F3/c36-35(37,38)24-19-16-23(17-20-24)33-29-10-3-5-12-31(29)34(32-13-6-4-11-30(32)33)28-15-7-14-26-25-9-2-1-8-22(25)18-21-27(26)28/h1-21H. The monoisotopic (exact) mass is 498 g/mol. The Hall–Kier alpha value is -4.63. The summed E-state index contributed by atoms with van der Waals surface area (Å²) in [6, 6.07) is 41.1. The van der Waals surface area contributed by atoms with E-state index in [1.807, 2.05) is 24.3 Å². The normalized spacial score (nSPS) is 12.1. The SMILES string of the molecule is FC(F)(F)c1ccc(-c2c3ccccc3c(-c3cccc4c3ccc3ccccc34)c3ccccc23)cc1. The van der Waals surface area contributed by atoms with Crippen LogP contribution in [0.4, 0.5) is 13.2 Å². The fourth-order valence-corrected chi connectivity index (χ4v) is 5.81. The van der Waals surface area contributed by atoms with Crippen LogP contribution in [-0.2, 0) is 6.18 Å². The summed E-state index contributed by atoms with van der Waals surface area (Å²) in [5.74, 6) is 0. The molecule has 0 saturated carbocycles. The third-order valence-corrected chi connectivity index (χ3v) is 7.49. The van der Waals surface area contributed by atoms with E-state index in [0.717, 1.165) is 43.8 Å². The molecule has 0 aromatic heterocycles. The predicted molar refractivity (Wildman–Crippen MR) is 152 cm³/mol. The van der Waals surface area contributed by atoms with Gasteiger partial charge in [0, 0.05) is 0 Å². The van der Waals surface area contributed by atoms with Crippen LogP contribution in [0, 0.1) is 0 Å². The second kappa shape index (κ2) is 8.46. The third kappa shape index (κ3) is 3.47. The fourth-order valence-electron chi connectivity index (χ4n) is 5.81. The van der Waals surface area contributed by atoms with Gasteiger partial charge in [0.25, 0.3) is 0 Å². The van der Waals surface area contributed by atoms with E-state index in [4.69, 9.17) is 0 Å². The van der Waals surface area contributed by atoms with Crippen molar-refractivity contribution in [2.24, 2.45) is 0 Å². The number of alkyl halides is 3. The Labute approximate surface area is 217 Å². The molecule has 182 valence electrons. The Morgan fingerprint density at radius 3 is 1.50 bits per heavy atom. The molecule has 7 aromatic rings. The van der Waals surface area contributed by atoms with Crippen LogP contribution in [0.25, 0.3) is 65.3 Å². The quantitative estimate of drug-likeness (QED) is 0.164. The fraction of sp³-hybridized carbons (Fsp3) is 0.0286. The maximum atomic E-state index is 13.3. The molecule has 0 bridgehead atoms. The second-order valence-corrected chi connectivity index (χ2v) is 9.60. The number of hydrogen-bond donors (Lipinski definition) is 0. The Morgan fingerprint density at radius 1 is 0.368 bits per heavy atom. The maximum absolute atomic E-state index is 13.3. The zero-order valence-corrected chi connectivity index (χ0v) is 20.3. The molecule has 0 aliphatic carbocycles.